The average molecular weight is 274 g/mol. The lowest BCUT2D eigenvalue weighted by molar-refractivity contribution is 0.347. The van der Waals surface area contributed by atoms with Crippen molar-refractivity contribution >= 4 is 11.3 Å². The summed E-state index contributed by atoms with van der Waals surface area (Å²) in [5, 5.41) is 0. The molecule has 0 fully saturated rings. The minimum atomic E-state index is 0.339. The first-order valence-electron chi connectivity index (χ1n) is 7.54. The van der Waals surface area contributed by atoms with Gasteiger partial charge in [-0.15, -0.1) is 0 Å². The Labute approximate surface area is 125 Å². The highest BCUT2D eigenvalue weighted by molar-refractivity contribution is 5.83. The summed E-state index contributed by atoms with van der Waals surface area (Å²) < 4.78 is 6.30. The molecule has 4 rings (SSSR count). The summed E-state index contributed by atoms with van der Waals surface area (Å²) in [7, 11) is 0. The number of hydrogen-bond donors (Lipinski definition) is 0. The van der Waals surface area contributed by atoms with Crippen LogP contribution >= 0.6 is 0 Å². The van der Waals surface area contributed by atoms with Gasteiger partial charge in [0.2, 0.25) is 0 Å². The SMILES string of the molecule is CC1C=C(c2ccccc2)OC2=C1c1ccccc1C2C. The second-order valence-electron chi connectivity index (χ2n) is 5.87. The average Bonchev–Trinajstić information content (AvgIpc) is 2.82. The van der Waals surface area contributed by atoms with Gasteiger partial charge >= 0.3 is 0 Å². The van der Waals surface area contributed by atoms with Crippen LogP contribution in [0.2, 0.25) is 0 Å². The van der Waals surface area contributed by atoms with Gasteiger partial charge in [0.15, 0.2) is 0 Å². The van der Waals surface area contributed by atoms with E-state index in [1.807, 2.05) is 6.07 Å². The molecular weight excluding hydrogens is 256 g/mol. The number of hydrogen-bond acceptors (Lipinski definition) is 1. The third kappa shape index (κ3) is 1.84. The fourth-order valence-corrected chi connectivity index (χ4v) is 3.46. The van der Waals surface area contributed by atoms with Crippen LogP contribution in [0.15, 0.2) is 66.4 Å². The first-order chi connectivity index (χ1) is 10.3. The third-order valence-corrected chi connectivity index (χ3v) is 4.51. The molecule has 104 valence electrons. The van der Waals surface area contributed by atoms with E-state index >= 15 is 0 Å². The third-order valence-electron chi connectivity index (χ3n) is 4.51. The predicted octanol–water partition coefficient (Wildman–Crippen LogP) is 5.22. The largest absolute Gasteiger partial charge is 0.460 e. The van der Waals surface area contributed by atoms with Crippen LogP contribution in [0.5, 0.6) is 0 Å². The van der Waals surface area contributed by atoms with Crippen LogP contribution in [0.1, 0.15) is 36.5 Å². The Morgan fingerprint density at radius 2 is 1.57 bits per heavy atom. The molecule has 2 aliphatic rings. The standard InChI is InChI=1S/C20H18O/c1-13-12-18(15-8-4-3-5-9-15)21-20-14(2)16-10-6-7-11-17(16)19(13)20/h3-14H,1-2H3. The monoisotopic (exact) mass is 274 g/mol. The number of rotatable bonds is 1. The van der Waals surface area contributed by atoms with E-state index in [0.717, 1.165) is 17.1 Å². The Morgan fingerprint density at radius 1 is 0.857 bits per heavy atom. The number of fused-ring (bicyclic) bond motifs is 2. The maximum absolute atomic E-state index is 6.30. The zero-order valence-corrected chi connectivity index (χ0v) is 12.3. The Balaban J connectivity index is 1.78. The van der Waals surface area contributed by atoms with Gasteiger partial charge in [0.05, 0.1) is 0 Å². The zero-order valence-electron chi connectivity index (χ0n) is 12.3. The molecule has 0 radical (unpaired) electrons. The van der Waals surface area contributed by atoms with Gasteiger partial charge in [-0.05, 0) is 17.2 Å². The zero-order chi connectivity index (χ0) is 14.4. The minimum Gasteiger partial charge on any atom is -0.460 e. The van der Waals surface area contributed by atoms with Gasteiger partial charge in [-0.1, -0.05) is 68.4 Å². The van der Waals surface area contributed by atoms with E-state index in [9.17, 15) is 0 Å². The van der Waals surface area contributed by atoms with Crippen molar-refractivity contribution in [3.8, 4) is 0 Å². The lowest BCUT2D eigenvalue weighted by Crippen LogP contribution is -2.08. The fourth-order valence-electron chi connectivity index (χ4n) is 3.46. The van der Waals surface area contributed by atoms with Crippen molar-refractivity contribution in [2.24, 2.45) is 5.92 Å². The quantitative estimate of drug-likeness (QED) is 0.692. The minimum absolute atomic E-state index is 0.339. The Kier molecular flexibility index (Phi) is 2.75. The molecule has 0 bridgehead atoms. The summed E-state index contributed by atoms with van der Waals surface area (Å²) in [6.45, 7) is 4.50. The summed E-state index contributed by atoms with van der Waals surface area (Å²) in [6, 6.07) is 19.0. The van der Waals surface area contributed by atoms with E-state index in [2.05, 4.69) is 68.5 Å². The molecule has 0 aromatic heterocycles. The molecule has 0 saturated carbocycles. The van der Waals surface area contributed by atoms with Crippen molar-refractivity contribution in [1.82, 2.24) is 0 Å². The van der Waals surface area contributed by atoms with E-state index in [1.165, 1.54) is 16.7 Å². The van der Waals surface area contributed by atoms with Gasteiger partial charge in [0, 0.05) is 23.0 Å². The molecule has 1 aliphatic heterocycles. The highest BCUT2D eigenvalue weighted by Gasteiger charge is 2.35. The van der Waals surface area contributed by atoms with Crippen molar-refractivity contribution in [3.05, 3.63) is 83.1 Å². The number of benzene rings is 2. The molecule has 21 heavy (non-hydrogen) atoms. The van der Waals surface area contributed by atoms with Crippen molar-refractivity contribution in [2.75, 3.05) is 0 Å². The topological polar surface area (TPSA) is 9.23 Å². The van der Waals surface area contributed by atoms with E-state index in [1.54, 1.807) is 0 Å². The Bertz CT molecular complexity index is 752. The van der Waals surface area contributed by atoms with Crippen LogP contribution < -0.4 is 0 Å². The summed E-state index contributed by atoms with van der Waals surface area (Å²) in [5.74, 6) is 2.84. The highest BCUT2D eigenvalue weighted by atomic mass is 16.5. The molecule has 1 nitrogen and oxygen atoms in total. The van der Waals surface area contributed by atoms with E-state index in [0.29, 0.717) is 11.8 Å². The molecule has 0 saturated heterocycles. The van der Waals surface area contributed by atoms with Crippen LogP contribution in [-0.2, 0) is 4.74 Å². The van der Waals surface area contributed by atoms with Crippen LogP contribution in [0, 0.1) is 5.92 Å². The van der Waals surface area contributed by atoms with Crippen molar-refractivity contribution < 1.29 is 4.74 Å². The van der Waals surface area contributed by atoms with Gasteiger partial charge < -0.3 is 4.74 Å². The van der Waals surface area contributed by atoms with Crippen molar-refractivity contribution in [2.45, 2.75) is 19.8 Å². The molecule has 2 unspecified atom stereocenters. The lowest BCUT2D eigenvalue weighted by atomic mass is 9.92. The van der Waals surface area contributed by atoms with Gasteiger partial charge in [-0.2, -0.15) is 0 Å². The summed E-state index contributed by atoms with van der Waals surface area (Å²) in [5.41, 5.74) is 5.25. The van der Waals surface area contributed by atoms with Crippen LogP contribution in [-0.4, -0.2) is 0 Å². The molecular formula is C20H18O. The summed E-state index contributed by atoms with van der Waals surface area (Å²) in [4.78, 5) is 0. The molecule has 2 atom stereocenters. The molecule has 2 aromatic rings. The Hall–Kier alpha value is -2.28. The van der Waals surface area contributed by atoms with E-state index in [-0.39, 0.29) is 0 Å². The van der Waals surface area contributed by atoms with Gasteiger partial charge in [-0.25, -0.2) is 0 Å². The molecule has 0 amide bonds. The van der Waals surface area contributed by atoms with Crippen LogP contribution in [0.25, 0.3) is 11.3 Å². The molecule has 1 heterocycles. The Morgan fingerprint density at radius 3 is 2.38 bits per heavy atom. The molecule has 0 spiro atoms. The van der Waals surface area contributed by atoms with Gasteiger partial charge in [0.25, 0.3) is 0 Å². The van der Waals surface area contributed by atoms with Crippen molar-refractivity contribution in [1.29, 1.82) is 0 Å². The normalized spacial score (nSPS) is 23.2. The maximum Gasteiger partial charge on any atom is 0.130 e. The predicted molar refractivity (Wildman–Crippen MR) is 86.4 cm³/mol. The van der Waals surface area contributed by atoms with Crippen LogP contribution in [0.3, 0.4) is 0 Å². The lowest BCUT2D eigenvalue weighted by Gasteiger charge is -2.24. The molecule has 2 aromatic carbocycles. The maximum atomic E-state index is 6.30. The second kappa shape index (κ2) is 4.63. The van der Waals surface area contributed by atoms with Gasteiger partial charge in [0.1, 0.15) is 11.5 Å². The highest BCUT2D eigenvalue weighted by Crippen LogP contribution is 2.49. The summed E-state index contributed by atoms with van der Waals surface area (Å²) >= 11 is 0. The van der Waals surface area contributed by atoms with E-state index < -0.39 is 0 Å². The first kappa shape index (κ1) is 12.5. The van der Waals surface area contributed by atoms with E-state index in [4.69, 9.17) is 4.74 Å². The molecule has 1 aliphatic carbocycles. The number of allylic oxidation sites excluding steroid dienone is 3. The van der Waals surface area contributed by atoms with Crippen molar-refractivity contribution in [3.63, 3.8) is 0 Å². The first-order valence-corrected chi connectivity index (χ1v) is 7.54. The number of ether oxygens (including phenoxy) is 1. The van der Waals surface area contributed by atoms with Gasteiger partial charge in [-0.3, -0.25) is 0 Å². The second-order valence-corrected chi connectivity index (χ2v) is 5.87. The van der Waals surface area contributed by atoms with Crippen LogP contribution in [0.4, 0.5) is 0 Å². The summed E-state index contributed by atoms with van der Waals surface area (Å²) in [6.07, 6.45) is 2.24. The molecule has 1 heteroatoms. The fraction of sp³-hybridized carbons (Fsp3) is 0.200. The molecule has 0 N–H and O–H groups in total. The smallest absolute Gasteiger partial charge is 0.130 e.